The molecule has 22 heavy (non-hydrogen) atoms. The molecule has 0 saturated carbocycles. The minimum Gasteiger partial charge on any atom is -0.493 e. The van der Waals surface area contributed by atoms with E-state index in [1.807, 2.05) is 54.6 Å². The van der Waals surface area contributed by atoms with Crippen LogP contribution in [0.1, 0.15) is 6.42 Å². The molecule has 0 aliphatic rings. The van der Waals surface area contributed by atoms with E-state index in [1.54, 1.807) is 7.11 Å². The monoisotopic (exact) mass is 300 g/mol. The molecule has 2 rings (SSSR count). The summed E-state index contributed by atoms with van der Waals surface area (Å²) < 4.78 is 10.8. The van der Waals surface area contributed by atoms with Gasteiger partial charge in [0.2, 0.25) is 0 Å². The van der Waals surface area contributed by atoms with Gasteiger partial charge in [0.15, 0.2) is 11.5 Å². The summed E-state index contributed by atoms with van der Waals surface area (Å²) in [5.74, 6) is 1.41. The van der Waals surface area contributed by atoms with Crippen molar-refractivity contribution in [3.63, 3.8) is 0 Å². The van der Waals surface area contributed by atoms with Gasteiger partial charge in [-0.3, -0.25) is 0 Å². The lowest BCUT2D eigenvalue weighted by Gasteiger charge is -2.11. The highest BCUT2D eigenvalue weighted by Gasteiger charge is 2.03. The van der Waals surface area contributed by atoms with Gasteiger partial charge in [0.1, 0.15) is 0 Å². The van der Waals surface area contributed by atoms with Crippen molar-refractivity contribution in [2.45, 2.75) is 6.42 Å². The van der Waals surface area contributed by atoms with Crippen LogP contribution in [0.2, 0.25) is 0 Å². The van der Waals surface area contributed by atoms with Crippen molar-refractivity contribution in [1.29, 1.82) is 0 Å². The molecule has 2 aromatic carbocycles. The average molecular weight is 300 g/mol. The summed E-state index contributed by atoms with van der Waals surface area (Å²) in [4.78, 5) is 11.7. The smallest absolute Gasteiger partial charge is 0.319 e. The molecule has 0 fully saturated rings. The Morgan fingerprint density at radius 1 is 1.00 bits per heavy atom. The summed E-state index contributed by atoms with van der Waals surface area (Å²) in [7, 11) is 1.61. The highest BCUT2D eigenvalue weighted by molar-refractivity contribution is 5.89. The second-order valence-electron chi connectivity index (χ2n) is 4.60. The van der Waals surface area contributed by atoms with Gasteiger partial charge in [0.25, 0.3) is 0 Å². The Kier molecular flexibility index (Phi) is 6.11. The number of hydrogen-bond acceptors (Lipinski definition) is 3. The SMILES string of the molecule is COc1ccccc1OCCCNC(=O)Nc1ccccc1. The van der Waals surface area contributed by atoms with Crippen LogP contribution in [0, 0.1) is 0 Å². The highest BCUT2D eigenvalue weighted by atomic mass is 16.5. The van der Waals surface area contributed by atoms with Crippen LogP contribution in [0.5, 0.6) is 11.5 Å². The average Bonchev–Trinajstić information content (AvgIpc) is 2.56. The number of carbonyl (C=O) groups excluding carboxylic acids is 1. The number of anilines is 1. The molecule has 2 N–H and O–H groups in total. The van der Waals surface area contributed by atoms with E-state index in [4.69, 9.17) is 9.47 Å². The van der Waals surface area contributed by atoms with Crippen molar-refractivity contribution in [3.05, 3.63) is 54.6 Å². The molecule has 0 unspecified atom stereocenters. The first-order valence-corrected chi connectivity index (χ1v) is 7.15. The molecule has 0 heterocycles. The van der Waals surface area contributed by atoms with Crippen molar-refractivity contribution in [1.82, 2.24) is 5.32 Å². The van der Waals surface area contributed by atoms with Gasteiger partial charge >= 0.3 is 6.03 Å². The van der Waals surface area contributed by atoms with Gasteiger partial charge in [-0.15, -0.1) is 0 Å². The minimum absolute atomic E-state index is 0.219. The summed E-state index contributed by atoms with van der Waals surface area (Å²) in [5, 5.41) is 5.54. The maximum absolute atomic E-state index is 11.7. The Morgan fingerprint density at radius 3 is 2.41 bits per heavy atom. The van der Waals surface area contributed by atoms with Gasteiger partial charge in [-0.1, -0.05) is 30.3 Å². The first-order valence-electron chi connectivity index (χ1n) is 7.15. The maximum atomic E-state index is 11.7. The molecule has 0 radical (unpaired) electrons. The molecule has 5 nitrogen and oxygen atoms in total. The molecule has 0 atom stereocenters. The third-order valence-electron chi connectivity index (χ3n) is 2.96. The van der Waals surface area contributed by atoms with Gasteiger partial charge in [-0.05, 0) is 30.7 Å². The number of amides is 2. The molecular weight excluding hydrogens is 280 g/mol. The van der Waals surface area contributed by atoms with Crippen molar-refractivity contribution in [2.24, 2.45) is 0 Å². The summed E-state index contributed by atoms with van der Waals surface area (Å²) in [5.41, 5.74) is 0.769. The third kappa shape index (κ3) is 5.01. The number of methoxy groups -OCH3 is 1. The van der Waals surface area contributed by atoms with Crippen LogP contribution in [-0.2, 0) is 0 Å². The fourth-order valence-corrected chi connectivity index (χ4v) is 1.89. The third-order valence-corrected chi connectivity index (χ3v) is 2.96. The van der Waals surface area contributed by atoms with Gasteiger partial charge < -0.3 is 20.1 Å². The summed E-state index contributed by atoms with van der Waals surface area (Å²) in [6, 6.07) is 16.6. The standard InChI is InChI=1S/C17H20N2O3/c1-21-15-10-5-6-11-16(15)22-13-7-12-18-17(20)19-14-8-3-2-4-9-14/h2-6,8-11H,7,12-13H2,1H3,(H2,18,19,20). The maximum Gasteiger partial charge on any atom is 0.319 e. The zero-order valence-corrected chi connectivity index (χ0v) is 12.5. The normalized spacial score (nSPS) is 9.86. The minimum atomic E-state index is -0.219. The predicted octanol–water partition coefficient (Wildman–Crippen LogP) is 3.29. The Morgan fingerprint density at radius 2 is 1.68 bits per heavy atom. The number of para-hydroxylation sites is 3. The topological polar surface area (TPSA) is 59.6 Å². The number of nitrogens with one attached hydrogen (secondary N) is 2. The van der Waals surface area contributed by atoms with E-state index in [1.165, 1.54) is 0 Å². The van der Waals surface area contributed by atoms with E-state index in [2.05, 4.69) is 10.6 Å². The molecule has 0 aliphatic heterocycles. The van der Waals surface area contributed by atoms with E-state index >= 15 is 0 Å². The number of urea groups is 1. The first-order chi connectivity index (χ1) is 10.8. The lowest BCUT2D eigenvalue weighted by molar-refractivity contribution is 0.249. The first kappa shape index (κ1) is 15.7. The van der Waals surface area contributed by atoms with Crippen LogP contribution in [-0.4, -0.2) is 26.3 Å². The van der Waals surface area contributed by atoms with Gasteiger partial charge in [-0.25, -0.2) is 4.79 Å². The van der Waals surface area contributed by atoms with Gasteiger partial charge in [0, 0.05) is 12.2 Å². The van der Waals surface area contributed by atoms with Crippen molar-refractivity contribution in [3.8, 4) is 11.5 Å². The van der Waals surface area contributed by atoms with E-state index < -0.39 is 0 Å². The fraction of sp³-hybridized carbons (Fsp3) is 0.235. The van der Waals surface area contributed by atoms with Gasteiger partial charge in [-0.2, -0.15) is 0 Å². The summed E-state index contributed by atoms with van der Waals surface area (Å²) in [6.07, 6.45) is 0.709. The molecular formula is C17H20N2O3. The number of ether oxygens (including phenoxy) is 2. The summed E-state index contributed by atoms with van der Waals surface area (Å²) in [6.45, 7) is 1.04. The fourth-order valence-electron chi connectivity index (χ4n) is 1.89. The van der Waals surface area contributed by atoms with Crippen LogP contribution in [0.4, 0.5) is 10.5 Å². The van der Waals surface area contributed by atoms with E-state index in [0.29, 0.717) is 31.1 Å². The van der Waals surface area contributed by atoms with Crippen LogP contribution >= 0.6 is 0 Å². The number of carbonyl (C=O) groups is 1. The Hall–Kier alpha value is -2.69. The Bertz CT molecular complexity index is 587. The highest BCUT2D eigenvalue weighted by Crippen LogP contribution is 2.25. The zero-order valence-electron chi connectivity index (χ0n) is 12.5. The van der Waals surface area contributed by atoms with Crippen molar-refractivity contribution >= 4 is 11.7 Å². The van der Waals surface area contributed by atoms with Gasteiger partial charge in [0.05, 0.1) is 13.7 Å². The van der Waals surface area contributed by atoms with E-state index in [-0.39, 0.29) is 6.03 Å². The molecule has 0 aliphatic carbocycles. The Labute approximate surface area is 130 Å². The second-order valence-corrected chi connectivity index (χ2v) is 4.60. The zero-order chi connectivity index (χ0) is 15.6. The Balaban J connectivity index is 1.64. The summed E-state index contributed by atoms with van der Waals surface area (Å²) >= 11 is 0. The molecule has 0 saturated heterocycles. The molecule has 2 aromatic rings. The van der Waals surface area contributed by atoms with Crippen molar-refractivity contribution < 1.29 is 14.3 Å². The lowest BCUT2D eigenvalue weighted by Crippen LogP contribution is -2.30. The largest absolute Gasteiger partial charge is 0.493 e. The number of hydrogen-bond donors (Lipinski definition) is 2. The molecule has 116 valence electrons. The van der Waals surface area contributed by atoms with Crippen molar-refractivity contribution in [2.75, 3.05) is 25.6 Å². The number of rotatable bonds is 7. The molecule has 5 heteroatoms. The van der Waals surface area contributed by atoms with Crippen LogP contribution in [0.15, 0.2) is 54.6 Å². The van der Waals surface area contributed by atoms with E-state index in [9.17, 15) is 4.79 Å². The molecule has 2 amide bonds. The van der Waals surface area contributed by atoms with Crippen LogP contribution in [0.25, 0.3) is 0 Å². The predicted molar refractivity (Wildman–Crippen MR) is 86.6 cm³/mol. The quantitative estimate of drug-likeness (QED) is 0.771. The molecule has 0 bridgehead atoms. The van der Waals surface area contributed by atoms with Crippen LogP contribution in [0.3, 0.4) is 0 Å². The molecule has 0 aromatic heterocycles. The molecule has 0 spiro atoms. The second kappa shape index (κ2) is 8.56. The number of benzene rings is 2. The van der Waals surface area contributed by atoms with E-state index in [0.717, 1.165) is 5.69 Å². The lowest BCUT2D eigenvalue weighted by atomic mass is 10.3. The van der Waals surface area contributed by atoms with Crippen LogP contribution < -0.4 is 20.1 Å².